The average molecular weight is 349 g/mol. The Hall–Kier alpha value is -2.69. The summed E-state index contributed by atoms with van der Waals surface area (Å²) in [7, 11) is 1.30. The number of fused-ring (bicyclic) bond motifs is 2. The molecule has 4 heteroatoms. The third-order valence-corrected chi connectivity index (χ3v) is 6.44. The molecule has 0 spiro atoms. The smallest absolute Gasteiger partial charge is 0.203 e. The van der Waals surface area contributed by atoms with Crippen LogP contribution in [0.3, 0.4) is 0 Å². The third kappa shape index (κ3) is 2.80. The van der Waals surface area contributed by atoms with Gasteiger partial charge in [-0.3, -0.25) is 4.79 Å². The summed E-state index contributed by atoms with van der Waals surface area (Å²) in [5.74, 6) is 0.767. The Kier molecular flexibility index (Phi) is 4.22. The second-order valence-electron chi connectivity index (χ2n) is 5.65. The monoisotopic (exact) mass is 349 g/mol. The van der Waals surface area contributed by atoms with E-state index in [-0.39, 0.29) is 22.7 Å². The first-order chi connectivity index (χ1) is 12.3. The predicted octanol–water partition coefficient (Wildman–Crippen LogP) is 5.07. The van der Waals surface area contributed by atoms with Crippen LogP contribution in [0.15, 0.2) is 77.6 Å². The first-order valence-electron chi connectivity index (χ1n) is 7.98. The van der Waals surface area contributed by atoms with E-state index >= 15 is 0 Å². The van der Waals surface area contributed by atoms with Gasteiger partial charge in [-0.2, -0.15) is 0 Å². The zero-order valence-electron chi connectivity index (χ0n) is 13.8. The van der Waals surface area contributed by atoms with Crippen LogP contribution in [0, 0.1) is 0 Å². The van der Waals surface area contributed by atoms with E-state index in [0.29, 0.717) is 0 Å². The first-order valence-corrected chi connectivity index (χ1v) is 9.21. The van der Waals surface area contributed by atoms with Crippen molar-refractivity contribution in [3.8, 4) is 10.6 Å². The number of ether oxygens (including phenoxy) is 2. The van der Waals surface area contributed by atoms with Crippen LogP contribution in [-0.2, 0) is 4.74 Å². The van der Waals surface area contributed by atoms with Crippen molar-refractivity contribution in [2.75, 3.05) is 13.9 Å². The molecular formula is C21H17O3S+. The number of methoxy groups -OCH3 is 1. The van der Waals surface area contributed by atoms with E-state index in [1.165, 1.54) is 0 Å². The van der Waals surface area contributed by atoms with E-state index < -0.39 is 0 Å². The standard InChI is InChI=1S/C21H17O3S/c1-23-14-24-15-10-12-16(13-11-15)25-19-8-4-2-6-17(19)21(22)18-7-3-5-9-20(18)25/h2-13H,14H2,1H3/q+1. The Morgan fingerprint density at radius 2 is 1.36 bits per heavy atom. The Morgan fingerprint density at radius 1 is 0.800 bits per heavy atom. The van der Waals surface area contributed by atoms with Gasteiger partial charge in [-0.05, 0) is 36.4 Å². The van der Waals surface area contributed by atoms with Crippen LogP contribution in [0.4, 0.5) is 0 Å². The molecule has 0 unspecified atom stereocenters. The quantitative estimate of drug-likeness (QED) is 0.293. The molecule has 0 saturated heterocycles. The van der Waals surface area contributed by atoms with Crippen LogP contribution in [0.25, 0.3) is 25.1 Å². The lowest BCUT2D eigenvalue weighted by Crippen LogP contribution is -2.02. The summed E-state index contributed by atoms with van der Waals surface area (Å²) >= 11 is 0. The number of benzene rings is 3. The lowest BCUT2D eigenvalue weighted by molar-refractivity contribution is 0.0511. The molecular weight excluding hydrogens is 332 g/mol. The van der Waals surface area contributed by atoms with Gasteiger partial charge in [0.05, 0.1) is 10.8 Å². The lowest BCUT2D eigenvalue weighted by Gasteiger charge is -2.05. The van der Waals surface area contributed by atoms with Crippen molar-refractivity contribution in [1.29, 1.82) is 0 Å². The van der Waals surface area contributed by atoms with Crippen LogP contribution < -0.4 is 10.2 Å². The van der Waals surface area contributed by atoms with Gasteiger partial charge in [-0.1, -0.05) is 24.3 Å². The minimum Gasteiger partial charge on any atom is -0.468 e. The van der Waals surface area contributed by atoms with Crippen molar-refractivity contribution in [3.05, 3.63) is 83.0 Å². The van der Waals surface area contributed by atoms with E-state index in [1.807, 2.05) is 48.5 Å². The minimum atomic E-state index is -0.300. The van der Waals surface area contributed by atoms with Gasteiger partial charge in [0.15, 0.2) is 21.1 Å². The highest BCUT2D eigenvalue weighted by atomic mass is 32.2. The van der Waals surface area contributed by atoms with Gasteiger partial charge in [0, 0.05) is 29.7 Å². The van der Waals surface area contributed by atoms with Crippen molar-refractivity contribution in [2.24, 2.45) is 0 Å². The van der Waals surface area contributed by atoms with Gasteiger partial charge in [0.25, 0.3) is 0 Å². The molecule has 124 valence electrons. The fraction of sp³-hybridized carbons (Fsp3) is 0.0952. The normalized spacial score (nSPS) is 11.1. The molecule has 3 nitrogen and oxygen atoms in total. The highest BCUT2D eigenvalue weighted by molar-refractivity contribution is 7.49. The molecule has 1 aromatic heterocycles. The van der Waals surface area contributed by atoms with E-state index in [2.05, 4.69) is 24.3 Å². The maximum Gasteiger partial charge on any atom is 0.203 e. The zero-order chi connectivity index (χ0) is 17.2. The molecule has 0 N–H and O–H groups in total. The molecule has 0 aliphatic carbocycles. The maximum atomic E-state index is 12.8. The predicted molar refractivity (Wildman–Crippen MR) is 104 cm³/mol. The number of hydrogen-bond donors (Lipinski definition) is 0. The molecule has 25 heavy (non-hydrogen) atoms. The van der Waals surface area contributed by atoms with E-state index in [0.717, 1.165) is 30.8 Å². The van der Waals surface area contributed by atoms with Gasteiger partial charge >= 0.3 is 0 Å². The largest absolute Gasteiger partial charge is 0.468 e. The van der Waals surface area contributed by atoms with Crippen molar-refractivity contribution < 1.29 is 9.47 Å². The van der Waals surface area contributed by atoms with Gasteiger partial charge in [0.1, 0.15) is 5.75 Å². The second-order valence-corrected chi connectivity index (χ2v) is 7.61. The van der Waals surface area contributed by atoms with Crippen LogP contribution in [0.2, 0.25) is 0 Å². The molecule has 0 bridgehead atoms. The van der Waals surface area contributed by atoms with Gasteiger partial charge in [-0.15, -0.1) is 0 Å². The van der Waals surface area contributed by atoms with Gasteiger partial charge in [0.2, 0.25) is 5.43 Å². The van der Waals surface area contributed by atoms with Crippen LogP contribution in [0.1, 0.15) is 0 Å². The summed E-state index contributed by atoms with van der Waals surface area (Å²) in [5, 5.41) is 1.59. The Morgan fingerprint density at radius 3 is 1.92 bits per heavy atom. The van der Waals surface area contributed by atoms with E-state index in [1.54, 1.807) is 7.11 Å². The highest BCUT2D eigenvalue weighted by Crippen LogP contribution is 2.43. The molecule has 4 rings (SSSR count). The van der Waals surface area contributed by atoms with E-state index in [9.17, 15) is 4.79 Å². The lowest BCUT2D eigenvalue weighted by atomic mass is 10.2. The van der Waals surface area contributed by atoms with E-state index in [4.69, 9.17) is 9.47 Å². The summed E-state index contributed by atoms with van der Waals surface area (Å²) in [6.07, 6.45) is 0. The fourth-order valence-electron chi connectivity index (χ4n) is 2.98. The summed E-state index contributed by atoms with van der Waals surface area (Å²) < 4.78 is 12.6. The van der Waals surface area contributed by atoms with Crippen LogP contribution in [0.5, 0.6) is 5.75 Å². The van der Waals surface area contributed by atoms with Crippen molar-refractivity contribution in [2.45, 2.75) is 0 Å². The summed E-state index contributed by atoms with van der Waals surface area (Å²) in [6, 6.07) is 23.8. The highest BCUT2D eigenvalue weighted by Gasteiger charge is 2.22. The number of rotatable bonds is 4. The summed E-state index contributed by atoms with van der Waals surface area (Å²) in [6.45, 7) is 0.227. The Bertz CT molecular complexity index is 1040. The average Bonchev–Trinajstić information content (AvgIpc) is 2.68. The number of hydrogen-bond acceptors (Lipinski definition) is 3. The molecule has 0 fully saturated rings. The van der Waals surface area contributed by atoms with Gasteiger partial charge in [-0.25, -0.2) is 0 Å². The second kappa shape index (κ2) is 6.67. The Balaban J connectivity index is 1.99. The maximum absolute atomic E-state index is 12.8. The molecule has 0 atom stereocenters. The van der Waals surface area contributed by atoms with Gasteiger partial charge < -0.3 is 9.47 Å². The summed E-state index contributed by atoms with van der Waals surface area (Å²) in [5.41, 5.74) is 0.106. The topological polar surface area (TPSA) is 35.5 Å². The molecule has 0 amide bonds. The molecule has 4 aromatic rings. The van der Waals surface area contributed by atoms with Crippen LogP contribution in [-0.4, -0.2) is 13.9 Å². The molecule has 0 aliphatic heterocycles. The SMILES string of the molecule is COCOc1ccc(-[s+]2c3ccccc3c(=O)c3ccccc32)cc1. The van der Waals surface area contributed by atoms with Crippen molar-refractivity contribution in [3.63, 3.8) is 0 Å². The van der Waals surface area contributed by atoms with Crippen molar-refractivity contribution >= 4 is 30.6 Å². The van der Waals surface area contributed by atoms with Crippen molar-refractivity contribution in [1.82, 2.24) is 0 Å². The molecule has 1 heterocycles. The third-order valence-electron chi connectivity index (χ3n) is 4.11. The molecule has 0 saturated carbocycles. The molecule has 0 radical (unpaired) electrons. The minimum absolute atomic E-state index is 0.106. The fourth-order valence-corrected chi connectivity index (χ4v) is 5.32. The summed E-state index contributed by atoms with van der Waals surface area (Å²) in [4.78, 5) is 14.0. The van der Waals surface area contributed by atoms with Crippen LogP contribution >= 0.6 is 10.5 Å². The molecule has 3 aromatic carbocycles. The Labute approximate surface area is 148 Å². The molecule has 0 aliphatic rings. The zero-order valence-corrected chi connectivity index (χ0v) is 14.6. The first kappa shape index (κ1) is 15.8.